The molecule has 20 heavy (non-hydrogen) atoms. The third-order valence-corrected chi connectivity index (χ3v) is 2.93. The lowest BCUT2D eigenvalue weighted by atomic mass is 10.1. The lowest BCUT2D eigenvalue weighted by molar-refractivity contribution is -0.145. The summed E-state index contributed by atoms with van der Waals surface area (Å²) in [5.41, 5.74) is 0.930. The number of rotatable bonds is 5. The predicted octanol–water partition coefficient (Wildman–Crippen LogP) is 3.19. The van der Waals surface area contributed by atoms with Crippen LogP contribution in [0.2, 0.25) is 0 Å². The van der Waals surface area contributed by atoms with Crippen LogP contribution < -0.4 is 0 Å². The van der Waals surface area contributed by atoms with Gasteiger partial charge in [0.1, 0.15) is 0 Å². The second kappa shape index (κ2) is 6.37. The number of imidazole rings is 1. The van der Waals surface area contributed by atoms with Gasteiger partial charge >= 0.3 is 5.97 Å². The highest BCUT2D eigenvalue weighted by Crippen LogP contribution is 2.25. The summed E-state index contributed by atoms with van der Waals surface area (Å²) in [4.78, 5) is 15.8. The van der Waals surface area contributed by atoms with Crippen molar-refractivity contribution in [3.63, 3.8) is 0 Å². The molecule has 4 nitrogen and oxygen atoms in total. The highest BCUT2D eigenvalue weighted by Gasteiger charge is 2.22. The van der Waals surface area contributed by atoms with E-state index in [0.29, 0.717) is 5.92 Å². The quantitative estimate of drug-likeness (QED) is 0.785. The Labute approximate surface area is 119 Å². The smallest absolute Gasteiger partial charge is 0.303 e. The van der Waals surface area contributed by atoms with Gasteiger partial charge in [0, 0.05) is 31.4 Å². The maximum absolute atomic E-state index is 11.4. The SMILES string of the molecule is CC(=O)OC(c1ccccc1)c1nccn1CC(C)C. The number of esters is 1. The average Bonchev–Trinajstić information content (AvgIpc) is 2.84. The van der Waals surface area contributed by atoms with Crippen molar-refractivity contribution in [1.82, 2.24) is 9.55 Å². The molecule has 1 atom stereocenters. The van der Waals surface area contributed by atoms with E-state index in [1.54, 1.807) is 6.20 Å². The Kier molecular flexibility index (Phi) is 4.56. The highest BCUT2D eigenvalue weighted by atomic mass is 16.5. The maximum Gasteiger partial charge on any atom is 0.303 e. The molecule has 2 rings (SSSR count). The topological polar surface area (TPSA) is 44.1 Å². The lowest BCUT2D eigenvalue weighted by Crippen LogP contribution is -2.17. The van der Waals surface area contributed by atoms with Gasteiger partial charge in [-0.1, -0.05) is 44.2 Å². The predicted molar refractivity (Wildman–Crippen MR) is 77.1 cm³/mol. The van der Waals surface area contributed by atoms with E-state index in [9.17, 15) is 4.79 Å². The van der Waals surface area contributed by atoms with Crippen LogP contribution in [-0.4, -0.2) is 15.5 Å². The van der Waals surface area contributed by atoms with Crippen LogP contribution in [0.25, 0.3) is 0 Å². The van der Waals surface area contributed by atoms with Gasteiger partial charge in [0.05, 0.1) is 0 Å². The third kappa shape index (κ3) is 3.47. The van der Waals surface area contributed by atoms with Crippen LogP contribution in [0.15, 0.2) is 42.7 Å². The van der Waals surface area contributed by atoms with Crippen LogP contribution in [0.4, 0.5) is 0 Å². The molecule has 0 N–H and O–H groups in total. The summed E-state index contributed by atoms with van der Waals surface area (Å²) < 4.78 is 7.53. The fourth-order valence-electron chi connectivity index (χ4n) is 2.17. The lowest BCUT2D eigenvalue weighted by Gasteiger charge is -2.19. The summed E-state index contributed by atoms with van der Waals surface area (Å²) in [7, 11) is 0. The number of carbonyl (C=O) groups is 1. The first kappa shape index (κ1) is 14.3. The standard InChI is InChI=1S/C16H20N2O2/c1-12(2)11-18-10-9-17-16(18)15(20-13(3)19)14-7-5-4-6-8-14/h4-10,12,15H,11H2,1-3H3. The van der Waals surface area contributed by atoms with Crippen molar-refractivity contribution in [2.24, 2.45) is 5.92 Å². The molecule has 106 valence electrons. The van der Waals surface area contributed by atoms with Crippen LogP contribution in [0.5, 0.6) is 0 Å². The van der Waals surface area contributed by atoms with E-state index in [1.165, 1.54) is 6.92 Å². The number of nitrogens with zero attached hydrogens (tertiary/aromatic N) is 2. The van der Waals surface area contributed by atoms with Gasteiger partial charge in [-0.05, 0) is 5.92 Å². The molecule has 0 aliphatic rings. The molecular formula is C16H20N2O2. The van der Waals surface area contributed by atoms with E-state index in [1.807, 2.05) is 41.1 Å². The van der Waals surface area contributed by atoms with Gasteiger partial charge in [0.15, 0.2) is 11.9 Å². The number of hydrogen-bond donors (Lipinski definition) is 0. The van der Waals surface area contributed by atoms with Crippen molar-refractivity contribution < 1.29 is 9.53 Å². The van der Waals surface area contributed by atoms with Crippen LogP contribution >= 0.6 is 0 Å². The van der Waals surface area contributed by atoms with Gasteiger partial charge in [0.25, 0.3) is 0 Å². The van der Waals surface area contributed by atoms with E-state index < -0.39 is 6.10 Å². The zero-order valence-electron chi connectivity index (χ0n) is 12.1. The summed E-state index contributed by atoms with van der Waals surface area (Å²) in [6.07, 6.45) is 3.22. The van der Waals surface area contributed by atoms with Gasteiger partial charge in [-0.15, -0.1) is 0 Å². The Hall–Kier alpha value is -2.10. The highest BCUT2D eigenvalue weighted by molar-refractivity contribution is 5.66. The first-order valence-corrected chi connectivity index (χ1v) is 6.81. The number of carbonyl (C=O) groups excluding carboxylic acids is 1. The third-order valence-electron chi connectivity index (χ3n) is 2.93. The number of hydrogen-bond acceptors (Lipinski definition) is 3. The molecule has 0 saturated heterocycles. The molecule has 0 amide bonds. The molecule has 4 heteroatoms. The first-order valence-electron chi connectivity index (χ1n) is 6.81. The minimum atomic E-state index is -0.456. The summed E-state index contributed by atoms with van der Waals surface area (Å²) in [5.74, 6) is 0.953. The van der Waals surface area contributed by atoms with E-state index in [4.69, 9.17) is 4.74 Å². The number of benzene rings is 1. The molecule has 0 bridgehead atoms. The van der Waals surface area contributed by atoms with E-state index in [0.717, 1.165) is 17.9 Å². The molecule has 2 aromatic rings. The second-order valence-electron chi connectivity index (χ2n) is 5.23. The summed E-state index contributed by atoms with van der Waals surface area (Å²) in [6.45, 7) is 6.56. The van der Waals surface area contributed by atoms with Gasteiger partial charge in [0.2, 0.25) is 0 Å². The van der Waals surface area contributed by atoms with Crippen molar-refractivity contribution in [2.75, 3.05) is 0 Å². The minimum Gasteiger partial charge on any atom is -0.449 e. The fraction of sp³-hybridized carbons (Fsp3) is 0.375. The van der Waals surface area contributed by atoms with Gasteiger partial charge in [-0.3, -0.25) is 4.79 Å². The summed E-state index contributed by atoms with van der Waals surface area (Å²) in [5, 5.41) is 0. The molecule has 1 aromatic heterocycles. The fourth-order valence-corrected chi connectivity index (χ4v) is 2.17. The first-order chi connectivity index (χ1) is 9.58. The van der Waals surface area contributed by atoms with Crippen molar-refractivity contribution >= 4 is 5.97 Å². The molecule has 1 unspecified atom stereocenters. The van der Waals surface area contributed by atoms with Gasteiger partial charge in [-0.2, -0.15) is 0 Å². The normalized spacial score (nSPS) is 12.4. The average molecular weight is 272 g/mol. The summed E-state index contributed by atoms with van der Waals surface area (Å²) in [6, 6.07) is 9.70. The molecular weight excluding hydrogens is 252 g/mol. The molecule has 0 aliphatic carbocycles. The van der Waals surface area contributed by atoms with Crippen LogP contribution in [0.1, 0.15) is 38.3 Å². The molecule has 0 saturated carbocycles. The van der Waals surface area contributed by atoms with Crippen molar-refractivity contribution in [3.05, 3.63) is 54.1 Å². The van der Waals surface area contributed by atoms with Crippen molar-refractivity contribution in [3.8, 4) is 0 Å². The molecule has 0 spiro atoms. The Morgan fingerprint density at radius 2 is 2.00 bits per heavy atom. The molecule has 1 heterocycles. The van der Waals surface area contributed by atoms with Crippen molar-refractivity contribution in [2.45, 2.75) is 33.4 Å². The largest absolute Gasteiger partial charge is 0.449 e. The Morgan fingerprint density at radius 1 is 1.30 bits per heavy atom. The maximum atomic E-state index is 11.4. The number of ether oxygens (including phenoxy) is 1. The Bertz CT molecular complexity index is 561. The Balaban J connectivity index is 2.37. The van der Waals surface area contributed by atoms with E-state index in [-0.39, 0.29) is 5.97 Å². The molecule has 0 aliphatic heterocycles. The van der Waals surface area contributed by atoms with Crippen LogP contribution in [0, 0.1) is 5.92 Å². The molecule has 0 radical (unpaired) electrons. The van der Waals surface area contributed by atoms with E-state index >= 15 is 0 Å². The van der Waals surface area contributed by atoms with Gasteiger partial charge in [-0.25, -0.2) is 4.98 Å². The molecule has 1 aromatic carbocycles. The van der Waals surface area contributed by atoms with Gasteiger partial charge < -0.3 is 9.30 Å². The van der Waals surface area contributed by atoms with Crippen LogP contribution in [0.3, 0.4) is 0 Å². The monoisotopic (exact) mass is 272 g/mol. The zero-order valence-corrected chi connectivity index (χ0v) is 12.1. The molecule has 0 fully saturated rings. The van der Waals surface area contributed by atoms with E-state index in [2.05, 4.69) is 18.8 Å². The summed E-state index contributed by atoms with van der Waals surface area (Å²) >= 11 is 0. The Morgan fingerprint density at radius 3 is 2.60 bits per heavy atom. The second-order valence-corrected chi connectivity index (χ2v) is 5.23. The minimum absolute atomic E-state index is 0.307. The number of aromatic nitrogens is 2. The van der Waals surface area contributed by atoms with Crippen molar-refractivity contribution in [1.29, 1.82) is 0 Å². The zero-order chi connectivity index (χ0) is 14.5. The van der Waals surface area contributed by atoms with Crippen LogP contribution in [-0.2, 0) is 16.1 Å².